The fourth-order valence-electron chi connectivity index (χ4n) is 2.95. The first-order valence-electron chi connectivity index (χ1n) is 8.90. The van der Waals surface area contributed by atoms with Crippen molar-refractivity contribution in [2.75, 3.05) is 0 Å². The molecule has 0 saturated heterocycles. The van der Waals surface area contributed by atoms with Gasteiger partial charge in [-0.2, -0.15) is 34.8 Å². The first kappa shape index (κ1) is 25.0. The average molecular weight is 507 g/mol. The number of benzene rings is 3. The summed E-state index contributed by atoms with van der Waals surface area (Å²) < 4.78 is 102. The number of alkyl halides is 6. The van der Waals surface area contributed by atoms with Gasteiger partial charge in [-0.05, 0) is 36.4 Å². The summed E-state index contributed by atoms with van der Waals surface area (Å²) in [6.45, 7) is 0. The van der Waals surface area contributed by atoms with Gasteiger partial charge in [0, 0.05) is 21.9 Å². The van der Waals surface area contributed by atoms with Crippen molar-refractivity contribution in [2.24, 2.45) is 0 Å². The van der Waals surface area contributed by atoms with Gasteiger partial charge in [-0.25, -0.2) is 0 Å². The molecular weight excluding hydrogens is 496 g/mol. The second-order valence-corrected chi connectivity index (χ2v) is 8.08. The lowest BCUT2D eigenvalue weighted by molar-refractivity contribution is -0.137. The molecule has 34 heavy (non-hydrogen) atoms. The number of carbonyl (C=O) groups excluding carboxylic acids is 2. The topological polar surface area (TPSA) is 110 Å². The Kier molecular flexibility index (Phi) is 6.32. The predicted octanol–water partition coefficient (Wildman–Crippen LogP) is 4.93. The standard InChI is InChI=1S/C19H10F3NO3.CHF3O3S/c20-19(21,22)10-3-1-4-11(9-10)26-15-8-7-14-16-12(15)5-2-6-13(16)17(24)23-18(14)25;2-1(3,4)8(5,6)7/h1-9H,(H,23,24,25);(H,5,6,7). The van der Waals surface area contributed by atoms with Gasteiger partial charge in [-0.3, -0.25) is 19.5 Å². The summed E-state index contributed by atoms with van der Waals surface area (Å²) >= 11 is 0. The molecule has 3 aromatic rings. The molecule has 1 aliphatic rings. The van der Waals surface area contributed by atoms with Crippen LogP contribution in [-0.4, -0.2) is 30.3 Å². The normalized spacial score (nSPS) is 13.7. The second kappa shape index (κ2) is 8.61. The van der Waals surface area contributed by atoms with Crippen LogP contribution < -0.4 is 10.1 Å². The number of hydrogen-bond donors (Lipinski definition) is 2. The molecule has 0 spiro atoms. The lowest BCUT2D eigenvalue weighted by Crippen LogP contribution is -2.34. The molecule has 3 aromatic carbocycles. The summed E-state index contributed by atoms with van der Waals surface area (Å²) in [5.41, 5.74) is -5.74. The van der Waals surface area contributed by atoms with Gasteiger partial charge in [0.25, 0.3) is 11.8 Å². The van der Waals surface area contributed by atoms with E-state index in [1.54, 1.807) is 18.2 Å². The third-order valence-electron chi connectivity index (χ3n) is 4.40. The first-order valence-corrected chi connectivity index (χ1v) is 10.3. The zero-order valence-electron chi connectivity index (χ0n) is 16.4. The molecule has 4 rings (SSSR count). The molecule has 0 radical (unpaired) electrons. The molecular formula is C20H11F6NO6S. The van der Waals surface area contributed by atoms with Crippen LogP contribution in [0, 0.1) is 0 Å². The van der Waals surface area contributed by atoms with E-state index in [0.29, 0.717) is 21.9 Å². The summed E-state index contributed by atoms with van der Waals surface area (Å²) in [7, 11) is -5.84. The third-order valence-corrected chi connectivity index (χ3v) is 4.98. The molecule has 1 aliphatic heterocycles. The van der Waals surface area contributed by atoms with Crippen LogP contribution in [0.15, 0.2) is 54.6 Å². The second-order valence-electron chi connectivity index (χ2n) is 6.67. The Morgan fingerprint density at radius 3 is 1.94 bits per heavy atom. The number of halogens is 6. The van der Waals surface area contributed by atoms with Crippen molar-refractivity contribution < 1.29 is 53.6 Å². The van der Waals surface area contributed by atoms with Crippen molar-refractivity contribution in [3.63, 3.8) is 0 Å². The van der Waals surface area contributed by atoms with Crippen molar-refractivity contribution in [2.45, 2.75) is 11.7 Å². The van der Waals surface area contributed by atoms with Crippen LogP contribution in [0.5, 0.6) is 11.5 Å². The Morgan fingerprint density at radius 2 is 1.38 bits per heavy atom. The summed E-state index contributed by atoms with van der Waals surface area (Å²) in [5, 5.41) is 3.14. The summed E-state index contributed by atoms with van der Waals surface area (Å²) in [6.07, 6.45) is -4.48. The van der Waals surface area contributed by atoms with Gasteiger partial charge in [-0.1, -0.05) is 18.2 Å². The highest BCUT2D eigenvalue weighted by molar-refractivity contribution is 7.86. The van der Waals surface area contributed by atoms with E-state index in [0.717, 1.165) is 12.1 Å². The molecule has 0 bridgehead atoms. The fourth-order valence-corrected chi connectivity index (χ4v) is 2.95. The Hall–Kier alpha value is -3.65. The molecule has 0 aromatic heterocycles. The highest BCUT2D eigenvalue weighted by atomic mass is 32.2. The number of imide groups is 1. The van der Waals surface area contributed by atoms with E-state index in [1.807, 2.05) is 0 Å². The Morgan fingerprint density at radius 1 is 0.824 bits per heavy atom. The van der Waals surface area contributed by atoms with Crippen molar-refractivity contribution in [1.82, 2.24) is 5.32 Å². The third kappa shape index (κ3) is 5.12. The molecule has 2 amide bonds. The molecule has 1 heterocycles. The van der Waals surface area contributed by atoms with E-state index in [-0.39, 0.29) is 11.5 Å². The first-order chi connectivity index (χ1) is 15.6. The minimum atomic E-state index is -5.84. The molecule has 0 saturated carbocycles. The zero-order valence-corrected chi connectivity index (χ0v) is 17.2. The minimum Gasteiger partial charge on any atom is -0.457 e. The highest BCUT2D eigenvalue weighted by Gasteiger charge is 2.44. The highest BCUT2D eigenvalue weighted by Crippen LogP contribution is 2.37. The quantitative estimate of drug-likeness (QED) is 0.220. The maximum absolute atomic E-state index is 12.9. The van der Waals surface area contributed by atoms with Gasteiger partial charge in [0.1, 0.15) is 11.5 Å². The van der Waals surface area contributed by atoms with Crippen LogP contribution in [0.2, 0.25) is 0 Å². The Labute approximate surface area is 186 Å². The van der Waals surface area contributed by atoms with Crippen LogP contribution in [0.1, 0.15) is 26.3 Å². The van der Waals surface area contributed by atoms with Crippen LogP contribution >= 0.6 is 0 Å². The average Bonchev–Trinajstić information content (AvgIpc) is 2.71. The summed E-state index contributed by atoms with van der Waals surface area (Å²) in [4.78, 5) is 24.0. The van der Waals surface area contributed by atoms with Gasteiger partial charge in [0.05, 0.1) is 5.56 Å². The fraction of sp³-hybridized carbons (Fsp3) is 0.100. The van der Waals surface area contributed by atoms with Crippen molar-refractivity contribution in [3.05, 3.63) is 71.3 Å². The number of nitrogens with one attached hydrogen (secondary N) is 1. The number of carbonyl (C=O) groups is 2. The van der Waals surface area contributed by atoms with E-state index < -0.39 is 39.2 Å². The summed E-state index contributed by atoms with van der Waals surface area (Å²) in [6, 6.07) is 12.3. The van der Waals surface area contributed by atoms with E-state index in [1.165, 1.54) is 24.3 Å². The largest absolute Gasteiger partial charge is 0.522 e. The van der Waals surface area contributed by atoms with Crippen LogP contribution in [-0.2, 0) is 16.3 Å². The summed E-state index contributed by atoms with van der Waals surface area (Å²) in [5.74, 6) is -0.784. The maximum Gasteiger partial charge on any atom is 0.522 e. The van der Waals surface area contributed by atoms with Gasteiger partial charge in [0.15, 0.2) is 0 Å². The molecule has 2 N–H and O–H groups in total. The van der Waals surface area contributed by atoms with Crippen LogP contribution in [0.25, 0.3) is 10.8 Å². The van der Waals surface area contributed by atoms with Crippen LogP contribution in [0.4, 0.5) is 26.3 Å². The smallest absolute Gasteiger partial charge is 0.457 e. The Bertz CT molecular complexity index is 1380. The molecule has 14 heteroatoms. The van der Waals surface area contributed by atoms with Gasteiger partial charge in [0.2, 0.25) is 0 Å². The van der Waals surface area contributed by atoms with E-state index in [4.69, 9.17) is 17.7 Å². The van der Waals surface area contributed by atoms with E-state index >= 15 is 0 Å². The van der Waals surface area contributed by atoms with Crippen molar-refractivity contribution in [3.8, 4) is 11.5 Å². The molecule has 180 valence electrons. The van der Waals surface area contributed by atoms with Crippen molar-refractivity contribution in [1.29, 1.82) is 0 Å². The Balaban J connectivity index is 0.000000350. The molecule has 0 unspecified atom stereocenters. The number of amides is 2. The molecule has 0 atom stereocenters. The lowest BCUT2D eigenvalue weighted by Gasteiger charge is -2.18. The molecule has 0 aliphatic carbocycles. The van der Waals surface area contributed by atoms with Gasteiger partial charge < -0.3 is 4.74 Å². The lowest BCUT2D eigenvalue weighted by atomic mass is 9.95. The number of ether oxygens (including phenoxy) is 1. The molecule has 0 fully saturated rings. The van der Waals surface area contributed by atoms with Gasteiger partial charge in [-0.15, -0.1) is 0 Å². The zero-order chi connectivity index (χ0) is 25.5. The monoisotopic (exact) mass is 507 g/mol. The number of hydrogen-bond acceptors (Lipinski definition) is 5. The molecule has 7 nitrogen and oxygen atoms in total. The SMILES string of the molecule is O=C1NC(=O)c2ccc(Oc3cccc(C(F)(F)F)c3)c3cccc1c23.O=S(=O)(O)C(F)(F)F. The van der Waals surface area contributed by atoms with E-state index in [2.05, 4.69) is 5.32 Å². The van der Waals surface area contributed by atoms with E-state index in [9.17, 15) is 35.9 Å². The maximum atomic E-state index is 12.9. The minimum absolute atomic E-state index is 0.00659. The van der Waals surface area contributed by atoms with Crippen LogP contribution in [0.3, 0.4) is 0 Å². The number of rotatable bonds is 2. The van der Waals surface area contributed by atoms with Crippen molar-refractivity contribution >= 4 is 32.7 Å². The van der Waals surface area contributed by atoms with Gasteiger partial charge >= 0.3 is 21.8 Å². The predicted molar refractivity (Wildman–Crippen MR) is 105 cm³/mol.